The normalized spacial score (nSPS) is 22.1. The average molecular weight is 382 g/mol. The number of hydrogen-bond acceptors (Lipinski definition) is 3. The Labute approximate surface area is 130 Å². The molecule has 1 aliphatic carbocycles. The molecule has 3 rings (SSSR count). The van der Waals surface area contributed by atoms with Crippen LogP contribution in [0.1, 0.15) is 26.2 Å². The molecule has 5 nitrogen and oxygen atoms in total. The highest BCUT2D eigenvalue weighted by Gasteiger charge is 2.32. The van der Waals surface area contributed by atoms with Gasteiger partial charge in [0.05, 0.1) is 10.9 Å². The lowest BCUT2D eigenvalue weighted by Gasteiger charge is -2.26. The van der Waals surface area contributed by atoms with Crippen LogP contribution in [0.5, 0.6) is 0 Å². The molecule has 1 aliphatic rings. The quantitative estimate of drug-likeness (QED) is 0.619. The summed E-state index contributed by atoms with van der Waals surface area (Å²) in [5, 5.41) is 10.0. The molecule has 0 saturated heterocycles. The van der Waals surface area contributed by atoms with Crippen LogP contribution in [0.4, 0.5) is 5.82 Å². The first-order valence-electron chi connectivity index (χ1n) is 6.58. The summed E-state index contributed by atoms with van der Waals surface area (Å²) in [5.74, 6) is 0.478. The number of allylic oxidation sites excluding steroid dienone is 1. The van der Waals surface area contributed by atoms with E-state index in [0.717, 1.165) is 28.3 Å². The van der Waals surface area contributed by atoms with Crippen molar-refractivity contribution < 1.29 is 4.79 Å². The average Bonchev–Trinajstić information content (AvgIpc) is 2.84. The Morgan fingerprint density at radius 2 is 2.40 bits per heavy atom. The van der Waals surface area contributed by atoms with Crippen molar-refractivity contribution in [2.45, 2.75) is 26.2 Å². The minimum atomic E-state index is -0.453. The summed E-state index contributed by atoms with van der Waals surface area (Å²) in [6.45, 7) is 1.96. The van der Waals surface area contributed by atoms with Crippen LogP contribution < -0.4 is 5.32 Å². The number of amides is 1. The van der Waals surface area contributed by atoms with Crippen molar-refractivity contribution in [3.05, 3.63) is 28.0 Å². The van der Waals surface area contributed by atoms with Gasteiger partial charge in [-0.2, -0.15) is 5.10 Å². The second-order valence-electron chi connectivity index (χ2n) is 5.25. The van der Waals surface area contributed by atoms with Gasteiger partial charge in [0.25, 0.3) is 0 Å². The minimum absolute atomic E-state index is 0.0255. The van der Waals surface area contributed by atoms with Gasteiger partial charge >= 0.3 is 0 Å². The van der Waals surface area contributed by atoms with E-state index in [1.807, 2.05) is 19.1 Å². The zero-order chi connectivity index (χ0) is 14.2. The van der Waals surface area contributed by atoms with Crippen LogP contribution in [0.15, 0.2) is 24.4 Å². The number of hydrogen-bond donors (Lipinski definition) is 2. The van der Waals surface area contributed by atoms with Crippen molar-refractivity contribution in [2.75, 3.05) is 5.32 Å². The number of halogens is 1. The number of H-pyrrole nitrogens is 1. The van der Waals surface area contributed by atoms with Gasteiger partial charge < -0.3 is 5.32 Å². The van der Waals surface area contributed by atoms with Crippen LogP contribution in [0.3, 0.4) is 0 Å². The summed E-state index contributed by atoms with van der Waals surface area (Å²) >= 11 is 2.22. The first-order chi connectivity index (χ1) is 9.60. The Morgan fingerprint density at radius 3 is 3.15 bits per heavy atom. The van der Waals surface area contributed by atoms with Crippen LogP contribution >= 0.6 is 22.6 Å². The van der Waals surface area contributed by atoms with E-state index in [2.05, 4.69) is 49.2 Å². The van der Waals surface area contributed by atoms with Gasteiger partial charge in [0, 0.05) is 9.77 Å². The van der Waals surface area contributed by atoms with Crippen LogP contribution in [0, 0.1) is 8.99 Å². The van der Waals surface area contributed by atoms with Gasteiger partial charge in [-0.1, -0.05) is 12.2 Å². The van der Waals surface area contributed by atoms with Gasteiger partial charge in [-0.05, 0) is 54.8 Å². The molecule has 6 heteroatoms. The van der Waals surface area contributed by atoms with E-state index in [4.69, 9.17) is 0 Å². The Morgan fingerprint density at radius 1 is 1.55 bits per heavy atom. The maximum Gasteiger partial charge on any atom is 0.235 e. The molecule has 2 heterocycles. The molecule has 0 radical (unpaired) electrons. The molecule has 0 saturated carbocycles. The van der Waals surface area contributed by atoms with Gasteiger partial charge in [-0.25, -0.2) is 0 Å². The Hall–Kier alpha value is -1.44. The van der Waals surface area contributed by atoms with E-state index < -0.39 is 5.41 Å². The van der Waals surface area contributed by atoms with E-state index in [0.29, 0.717) is 11.3 Å². The Bertz CT molecular complexity index is 694. The third kappa shape index (κ3) is 2.32. The molecule has 0 aromatic carbocycles. The van der Waals surface area contributed by atoms with E-state index in [1.54, 1.807) is 6.20 Å². The fourth-order valence-electron chi connectivity index (χ4n) is 2.43. The smallest absolute Gasteiger partial charge is 0.235 e. The number of rotatable bonds is 2. The maximum absolute atomic E-state index is 12.5. The number of carbonyl (C=O) groups is 1. The molecule has 0 fully saturated rings. The summed E-state index contributed by atoms with van der Waals surface area (Å²) in [7, 11) is 0. The predicted octanol–water partition coefficient (Wildman–Crippen LogP) is 3.25. The molecule has 0 spiro atoms. The second kappa shape index (κ2) is 5.16. The fourth-order valence-corrected chi connectivity index (χ4v) is 2.97. The van der Waals surface area contributed by atoms with E-state index in [1.165, 1.54) is 0 Å². The predicted molar refractivity (Wildman–Crippen MR) is 86.3 cm³/mol. The van der Waals surface area contributed by atoms with Gasteiger partial charge in [0.15, 0.2) is 5.82 Å². The SMILES string of the molecule is CC1(C(=O)Nc2n[nH]c3c(I)ccnc23)C=CCCC1. The lowest BCUT2D eigenvalue weighted by molar-refractivity contribution is -0.123. The lowest BCUT2D eigenvalue weighted by atomic mass is 9.80. The molecule has 0 bridgehead atoms. The van der Waals surface area contributed by atoms with Crippen LogP contribution in [-0.2, 0) is 4.79 Å². The molecular weight excluding hydrogens is 367 g/mol. The molecule has 0 aliphatic heterocycles. The van der Waals surface area contributed by atoms with E-state index in [-0.39, 0.29) is 5.91 Å². The number of carbonyl (C=O) groups excluding carboxylic acids is 1. The van der Waals surface area contributed by atoms with Gasteiger partial charge in [0.2, 0.25) is 5.91 Å². The zero-order valence-corrected chi connectivity index (χ0v) is 13.3. The first-order valence-corrected chi connectivity index (χ1v) is 7.66. The van der Waals surface area contributed by atoms with Gasteiger partial charge in [0.1, 0.15) is 5.52 Å². The number of pyridine rings is 1. The Balaban J connectivity index is 1.90. The molecule has 2 aromatic rings. The topological polar surface area (TPSA) is 70.7 Å². The minimum Gasteiger partial charge on any atom is -0.307 e. The first kappa shape index (κ1) is 13.5. The van der Waals surface area contributed by atoms with Crippen molar-refractivity contribution in [3.63, 3.8) is 0 Å². The highest BCUT2D eigenvalue weighted by atomic mass is 127. The Kier molecular flexibility index (Phi) is 3.49. The summed E-state index contributed by atoms with van der Waals surface area (Å²) in [5.41, 5.74) is 1.10. The molecular formula is C14H15IN4O. The number of nitrogens with one attached hydrogen (secondary N) is 2. The lowest BCUT2D eigenvalue weighted by Crippen LogP contribution is -2.33. The number of anilines is 1. The molecule has 20 heavy (non-hydrogen) atoms. The number of nitrogens with zero attached hydrogens (tertiary/aromatic N) is 2. The van der Waals surface area contributed by atoms with E-state index >= 15 is 0 Å². The maximum atomic E-state index is 12.5. The number of aromatic amines is 1. The van der Waals surface area contributed by atoms with Crippen LogP contribution in [-0.4, -0.2) is 21.1 Å². The van der Waals surface area contributed by atoms with E-state index in [9.17, 15) is 4.79 Å². The zero-order valence-electron chi connectivity index (χ0n) is 11.1. The molecule has 1 unspecified atom stereocenters. The van der Waals surface area contributed by atoms with Crippen molar-refractivity contribution >= 4 is 45.3 Å². The third-order valence-corrected chi connectivity index (χ3v) is 4.61. The molecule has 1 atom stereocenters. The molecule has 1 amide bonds. The monoisotopic (exact) mass is 382 g/mol. The third-order valence-electron chi connectivity index (χ3n) is 3.71. The summed E-state index contributed by atoms with van der Waals surface area (Å²) in [4.78, 5) is 16.8. The van der Waals surface area contributed by atoms with Crippen LogP contribution in [0.2, 0.25) is 0 Å². The molecule has 2 aromatic heterocycles. The standard InChI is InChI=1S/C14H15IN4O/c1-14(6-3-2-4-7-14)13(20)17-12-11-10(18-19-12)9(15)5-8-16-11/h3,5-6,8H,2,4,7H2,1H3,(H2,17,18,19,20). The fraction of sp³-hybridized carbons (Fsp3) is 0.357. The summed E-state index contributed by atoms with van der Waals surface area (Å²) < 4.78 is 1.03. The number of fused-ring (bicyclic) bond motifs is 1. The highest BCUT2D eigenvalue weighted by molar-refractivity contribution is 14.1. The molecule has 104 valence electrons. The number of aromatic nitrogens is 3. The van der Waals surface area contributed by atoms with Crippen molar-refractivity contribution in [3.8, 4) is 0 Å². The van der Waals surface area contributed by atoms with Crippen LogP contribution in [0.25, 0.3) is 11.0 Å². The second-order valence-corrected chi connectivity index (χ2v) is 6.42. The van der Waals surface area contributed by atoms with Gasteiger partial charge in [-0.3, -0.25) is 14.9 Å². The highest BCUT2D eigenvalue weighted by Crippen LogP contribution is 2.32. The van der Waals surface area contributed by atoms with Gasteiger partial charge in [-0.15, -0.1) is 0 Å². The summed E-state index contributed by atoms with van der Waals surface area (Å²) in [6.07, 6.45) is 8.75. The molecule has 2 N–H and O–H groups in total. The van der Waals surface area contributed by atoms with Crippen molar-refractivity contribution in [1.82, 2.24) is 15.2 Å². The summed E-state index contributed by atoms with van der Waals surface area (Å²) in [6, 6.07) is 1.90. The van der Waals surface area contributed by atoms with Crippen molar-refractivity contribution in [2.24, 2.45) is 5.41 Å². The largest absolute Gasteiger partial charge is 0.307 e. The van der Waals surface area contributed by atoms with Crippen molar-refractivity contribution in [1.29, 1.82) is 0 Å².